The van der Waals surface area contributed by atoms with E-state index in [0.29, 0.717) is 6.10 Å². The van der Waals surface area contributed by atoms with Gasteiger partial charge in [0, 0.05) is 19.0 Å². The SMILES string of the molecule is CCCc1nc(Br)cc(NCCOC2CCCCC2)n1. The molecule has 2 rings (SSSR count). The van der Waals surface area contributed by atoms with Crippen molar-refractivity contribution in [2.24, 2.45) is 0 Å². The lowest BCUT2D eigenvalue weighted by molar-refractivity contribution is 0.0347. The van der Waals surface area contributed by atoms with Crippen LogP contribution in [0.25, 0.3) is 0 Å². The maximum Gasteiger partial charge on any atom is 0.132 e. The van der Waals surface area contributed by atoms with Gasteiger partial charge in [-0.15, -0.1) is 0 Å². The van der Waals surface area contributed by atoms with Crippen molar-refractivity contribution in [1.29, 1.82) is 0 Å². The van der Waals surface area contributed by atoms with Gasteiger partial charge in [0.05, 0.1) is 12.7 Å². The Balaban J connectivity index is 1.72. The molecule has 1 N–H and O–H groups in total. The number of hydrogen-bond donors (Lipinski definition) is 1. The number of anilines is 1. The van der Waals surface area contributed by atoms with E-state index >= 15 is 0 Å². The van der Waals surface area contributed by atoms with Gasteiger partial charge in [0.15, 0.2) is 0 Å². The number of nitrogens with zero attached hydrogens (tertiary/aromatic N) is 2. The number of rotatable bonds is 7. The lowest BCUT2D eigenvalue weighted by atomic mass is 9.98. The van der Waals surface area contributed by atoms with Crippen LogP contribution in [0, 0.1) is 0 Å². The predicted octanol–water partition coefficient (Wildman–Crippen LogP) is 3.95. The molecule has 1 aromatic rings. The summed E-state index contributed by atoms with van der Waals surface area (Å²) < 4.78 is 6.73. The molecule has 0 atom stereocenters. The highest BCUT2D eigenvalue weighted by Gasteiger charge is 2.13. The summed E-state index contributed by atoms with van der Waals surface area (Å²) in [6.45, 7) is 3.68. The summed E-state index contributed by atoms with van der Waals surface area (Å²) in [7, 11) is 0. The molecule has 0 bridgehead atoms. The van der Waals surface area contributed by atoms with Crippen molar-refractivity contribution in [3.8, 4) is 0 Å². The van der Waals surface area contributed by atoms with E-state index in [1.54, 1.807) is 0 Å². The third-order valence-electron chi connectivity index (χ3n) is 3.53. The monoisotopic (exact) mass is 341 g/mol. The molecule has 0 aromatic carbocycles. The van der Waals surface area contributed by atoms with E-state index in [0.717, 1.165) is 42.2 Å². The standard InChI is InChI=1S/C15H24BrN3O/c1-2-6-14-18-13(16)11-15(19-14)17-9-10-20-12-7-4-3-5-8-12/h11-12H,2-10H2,1H3,(H,17,18,19). The maximum atomic E-state index is 5.90. The highest BCUT2D eigenvalue weighted by molar-refractivity contribution is 9.10. The molecule has 1 aromatic heterocycles. The molecule has 1 aliphatic rings. The van der Waals surface area contributed by atoms with Crippen LogP contribution in [0.4, 0.5) is 5.82 Å². The Morgan fingerprint density at radius 1 is 1.30 bits per heavy atom. The van der Waals surface area contributed by atoms with Crippen LogP contribution in [0.15, 0.2) is 10.7 Å². The number of hydrogen-bond acceptors (Lipinski definition) is 4. The molecule has 0 radical (unpaired) electrons. The van der Waals surface area contributed by atoms with Gasteiger partial charge in [-0.05, 0) is 35.2 Å². The van der Waals surface area contributed by atoms with Crippen LogP contribution in [0.2, 0.25) is 0 Å². The Bertz CT molecular complexity index is 408. The molecule has 0 spiro atoms. The van der Waals surface area contributed by atoms with Crippen molar-refractivity contribution >= 4 is 21.7 Å². The first-order chi connectivity index (χ1) is 9.78. The van der Waals surface area contributed by atoms with Crippen LogP contribution in [-0.4, -0.2) is 29.2 Å². The van der Waals surface area contributed by atoms with Gasteiger partial charge >= 0.3 is 0 Å². The Morgan fingerprint density at radius 3 is 2.85 bits per heavy atom. The fraction of sp³-hybridized carbons (Fsp3) is 0.733. The van der Waals surface area contributed by atoms with E-state index in [4.69, 9.17) is 4.74 Å². The lowest BCUT2D eigenvalue weighted by Gasteiger charge is -2.22. The summed E-state index contributed by atoms with van der Waals surface area (Å²) in [6, 6.07) is 1.92. The van der Waals surface area contributed by atoms with Gasteiger partial charge in [0.1, 0.15) is 16.2 Å². The van der Waals surface area contributed by atoms with Crippen molar-refractivity contribution < 1.29 is 4.74 Å². The zero-order valence-corrected chi connectivity index (χ0v) is 13.8. The van der Waals surface area contributed by atoms with Gasteiger partial charge in [-0.2, -0.15) is 0 Å². The Morgan fingerprint density at radius 2 is 2.10 bits per heavy atom. The summed E-state index contributed by atoms with van der Waals surface area (Å²) in [5.41, 5.74) is 0. The number of aryl methyl sites for hydroxylation is 1. The average molecular weight is 342 g/mol. The summed E-state index contributed by atoms with van der Waals surface area (Å²) in [5, 5.41) is 3.32. The first-order valence-electron chi connectivity index (χ1n) is 7.67. The van der Waals surface area contributed by atoms with E-state index in [1.165, 1.54) is 32.1 Å². The molecule has 0 aliphatic heterocycles. The molecule has 20 heavy (non-hydrogen) atoms. The molecule has 1 heterocycles. The molecule has 112 valence electrons. The highest BCUT2D eigenvalue weighted by Crippen LogP contribution is 2.20. The number of aromatic nitrogens is 2. The van der Waals surface area contributed by atoms with Crippen LogP contribution in [-0.2, 0) is 11.2 Å². The molecule has 0 amide bonds. The lowest BCUT2D eigenvalue weighted by Crippen LogP contribution is -2.20. The topological polar surface area (TPSA) is 47.0 Å². The minimum atomic E-state index is 0.471. The molecule has 1 aliphatic carbocycles. The number of ether oxygens (including phenoxy) is 1. The largest absolute Gasteiger partial charge is 0.376 e. The molecular formula is C15H24BrN3O. The third-order valence-corrected chi connectivity index (χ3v) is 3.93. The zero-order valence-electron chi connectivity index (χ0n) is 12.2. The van der Waals surface area contributed by atoms with Gasteiger partial charge < -0.3 is 10.1 Å². The average Bonchev–Trinajstić information content (AvgIpc) is 2.45. The van der Waals surface area contributed by atoms with Gasteiger partial charge in [0.25, 0.3) is 0 Å². The van der Waals surface area contributed by atoms with Crippen LogP contribution in [0.1, 0.15) is 51.3 Å². The molecule has 0 saturated heterocycles. The number of nitrogens with one attached hydrogen (secondary N) is 1. The molecule has 1 fully saturated rings. The smallest absolute Gasteiger partial charge is 0.132 e. The van der Waals surface area contributed by atoms with E-state index in [-0.39, 0.29) is 0 Å². The molecule has 0 unspecified atom stereocenters. The molecule has 4 nitrogen and oxygen atoms in total. The quantitative estimate of drug-likeness (QED) is 0.602. The van der Waals surface area contributed by atoms with E-state index in [2.05, 4.69) is 38.1 Å². The van der Waals surface area contributed by atoms with Crippen molar-refractivity contribution in [2.75, 3.05) is 18.5 Å². The van der Waals surface area contributed by atoms with Crippen LogP contribution in [0.3, 0.4) is 0 Å². The minimum Gasteiger partial charge on any atom is -0.376 e. The van der Waals surface area contributed by atoms with Gasteiger partial charge in [-0.1, -0.05) is 26.2 Å². The van der Waals surface area contributed by atoms with Crippen molar-refractivity contribution in [1.82, 2.24) is 9.97 Å². The Kier molecular flexibility index (Phi) is 6.73. The van der Waals surface area contributed by atoms with Crippen LogP contribution >= 0.6 is 15.9 Å². The summed E-state index contributed by atoms with van der Waals surface area (Å²) in [4.78, 5) is 8.86. The minimum absolute atomic E-state index is 0.471. The summed E-state index contributed by atoms with van der Waals surface area (Å²) in [5.74, 6) is 1.76. The van der Waals surface area contributed by atoms with Crippen molar-refractivity contribution in [3.05, 3.63) is 16.5 Å². The first-order valence-corrected chi connectivity index (χ1v) is 8.46. The van der Waals surface area contributed by atoms with Gasteiger partial charge in [-0.25, -0.2) is 9.97 Å². The van der Waals surface area contributed by atoms with Gasteiger partial charge in [0.2, 0.25) is 0 Å². The third kappa shape index (κ3) is 5.37. The second kappa shape index (κ2) is 8.57. The maximum absolute atomic E-state index is 5.90. The van der Waals surface area contributed by atoms with E-state index in [1.807, 2.05) is 6.07 Å². The first kappa shape index (κ1) is 15.7. The molecular weight excluding hydrogens is 318 g/mol. The molecule has 1 saturated carbocycles. The second-order valence-electron chi connectivity index (χ2n) is 5.30. The fourth-order valence-corrected chi connectivity index (χ4v) is 2.95. The van der Waals surface area contributed by atoms with Crippen LogP contribution in [0.5, 0.6) is 0 Å². The summed E-state index contributed by atoms with van der Waals surface area (Å²) in [6.07, 6.45) is 8.88. The number of halogens is 1. The van der Waals surface area contributed by atoms with Crippen LogP contribution < -0.4 is 5.32 Å². The fourth-order valence-electron chi connectivity index (χ4n) is 2.53. The highest BCUT2D eigenvalue weighted by atomic mass is 79.9. The Hall–Kier alpha value is -0.680. The van der Waals surface area contributed by atoms with E-state index in [9.17, 15) is 0 Å². The summed E-state index contributed by atoms with van der Waals surface area (Å²) >= 11 is 3.43. The van der Waals surface area contributed by atoms with E-state index < -0.39 is 0 Å². The van der Waals surface area contributed by atoms with Gasteiger partial charge in [-0.3, -0.25) is 0 Å². The Labute approximate surface area is 129 Å². The predicted molar refractivity (Wildman–Crippen MR) is 85.0 cm³/mol. The normalized spacial score (nSPS) is 16.3. The van der Waals surface area contributed by atoms with Crippen molar-refractivity contribution in [3.63, 3.8) is 0 Å². The second-order valence-corrected chi connectivity index (χ2v) is 6.11. The molecule has 5 heteroatoms. The van der Waals surface area contributed by atoms with Crippen molar-refractivity contribution in [2.45, 2.75) is 58.0 Å². The zero-order chi connectivity index (χ0) is 14.2.